The Morgan fingerprint density at radius 1 is 1.11 bits per heavy atom. The molecular weight excluding hydrogens is 364 g/mol. The predicted molar refractivity (Wildman–Crippen MR) is 101 cm³/mol. The lowest BCUT2D eigenvalue weighted by Gasteiger charge is -2.18. The molecule has 0 spiro atoms. The van der Waals surface area contributed by atoms with Gasteiger partial charge in [0.25, 0.3) is 5.91 Å². The van der Waals surface area contributed by atoms with Crippen molar-refractivity contribution in [3.05, 3.63) is 53.6 Å². The monoisotopic (exact) mass is 384 g/mol. The quantitative estimate of drug-likeness (QED) is 0.785. The van der Waals surface area contributed by atoms with Gasteiger partial charge in [-0.05, 0) is 29.8 Å². The van der Waals surface area contributed by atoms with Crippen LogP contribution in [0.1, 0.15) is 21.8 Å². The normalized spacial score (nSPS) is 14.9. The third kappa shape index (κ3) is 3.62. The van der Waals surface area contributed by atoms with Crippen LogP contribution < -0.4 is 19.7 Å². The molecule has 0 fully saturated rings. The number of nitrogens with zero attached hydrogens (tertiary/aromatic N) is 1. The number of carbonyl (C=O) groups is 3. The van der Waals surface area contributed by atoms with Crippen LogP contribution in [0.2, 0.25) is 0 Å². The molecule has 0 saturated heterocycles. The molecule has 1 atom stereocenters. The fourth-order valence-electron chi connectivity index (χ4n) is 3.19. The summed E-state index contributed by atoms with van der Waals surface area (Å²) in [7, 11) is 2.96. The van der Waals surface area contributed by atoms with E-state index in [1.165, 1.54) is 25.2 Å². The van der Waals surface area contributed by atoms with Gasteiger partial charge in [-0.2, -0.15) is 0 Å². The molecule has 1 aliphatic rings. The van der Waals surface area contributed by atoms with E-state index in [0.717, 1.165) is 0 Å². The van der Waals surface area contributed by atoms with Crippen LogP contribution in [0.3, 0.4) is 0 Å². The molecule has 0 radical (unpaired) electrons. The third-order valence-electron chi connectivity index (χ3n) is 4.61. The molecule has 2 amide bonds. The van der Waals surface area contributed by atoms with E-state index in [2.05, 4.69) is 5.32 Å². The summed E-state index contributed by atoms with van der Waals surface area (Å²) in [6, 6.07) is 11.6. The number of nitrogens with one attached hydrogen (secondary N) is 1. The highest BCUT2D eigenvalue weighted by molar-refractivity contribution is 6.03. The number of hydrogen-bond acceptors (Lipinski definition) is 5. The molecule has 8 nitrogen and oxygen atoms in total. The van der Waals surface area contributed by atoms with Gasteiger partial charge in [0.2, 0.25) is 5.91 Å². The first kappa shape index (κ1) is 19.2. The summed E-state index contributed by atoms with van der Waals surface area (Å²) in [6.07, 6.45) is 0. The van der Waals surface area contributed by atoms with Crippen molar-refractivity contribution in [3.63, 3.8) is 0 Å². The van der Waals surface area contributed by atoms with Gasteiger partial charge in [0.05, 0.1) is 20.8 Å². The van der Waals surface area contributed by atoms with Crippen LogP contribution in [0.25, 0.3) is 0 Å². The number of carboxylic acids is 1. The molecule has 3 rings (SSSR count). The average Bonchev–Trinajstić information content (AvgIpc) is 3.11. The van der Waals surface area contributed by atoms with Crippen LogP contribution >= 0.6 is 0 Å². The van der Waals surface area contributed by atoms with Gasteiger partial charge in [-0.15, -0.1) is 0 Å². The van der Waals surface area contributed by atoms with E-state index in [4.69, 9.17) is 9.47 Å². The van der Waals surface area contributed by atoms with Crippen LogP contribution in [0, 0.1) is 0 Å². The summed E-state index contributed by atoms with van der Waals surface area (Å²) in [5.41, 5.74) is 1.46. The first-order valence-electron chi connectivity index (χ1n) is 8.58. The molecule has 0 saturated carbocycles. The second-order valence-corrected chi connectivity index (χ2v) is 6.21. The maximum atomic E-state index is 12.6. The second kappa shape index (κ2) is 7.99. The van der Waals surface area contributed by atoms with E-state index in [0.29, 0.717) is 28.3 Å². The standard InChI is InChI=1S/C20H20N2O6/c1-27-16-8-7-12(9-17(16)28-2)19(24)21-10-18(23)22-11-14(20(25)26)13-5-3-4-6-15(13)22/h3-9,14H,10-11H2,1-2H3,(H,21,24)(H,25,26). The van der Waals surface area contributed by atoms with E-state index >= 15 is 0 Å². The molecule has 8 heteroatoms. The molecule has 2 aromatic rings. The number of para-hydroxylation sites is 1. The summed E-state index contributed by atoms with van der Waals surface area (Å²) < 4.78 is 10.3. The van der Waals surface area contributed by atoms with E-state index in [-0.39, 0.29) is 19.0 Å². The molecule has 146 valence electrons. The zero-order valence-electron chi connectivity index (χ0n) is 15.5. The van der Waals surface area contributed by atoms with Gasteiger partial charge < -0.3 is 24.8 Å². The lowest BCUT2D eigenvalue weighted by Crippen LogP contribution is -2.40. The first-order valence-corrected chi connectivity index (χ1v) is 8.58. The van der Waals surface area contributed by atoms with Crippen molar-refractivity contribution in [2.45, 2.75) is 5.92 Å². The highest BCUT2D eigenvalue weighted by Gasteiger charge is 2.36. The number of aliphatic carboxylic acids is 1. The zero-order chi connectivity index (χ0) is 20.3. The van der Waals surface area contributed by atoms with Crippen molar-refractivity contribution in [3.8, 4) is 11.5 Å². The van der Waals surface area contributed by atoms with Crippen LogP contribution in [-0.4, -0.2) is 50.2 Å². The van der Waals surface area contributed by atoms with Gasteiger partial charge in [-0.25, -0.2) is 0 Å². The molecule has 1 aliphatic heterocycles. The average molecular weight is 384 g/mol. The Hall–Kier alpha value is -3.55. The second-order valence-electron chi connectivity index (χ2n) is 6.21. The number of hydrogen-bond donors (Lipinski definition) is 2. The van der Waals surface area contributed by atoms with Crippen LogP contribution in [0.15, 0.2) is 42.5 Å². The van der Waals surface area contributed by atoms with Crippen molar-refractivity contribution in [1.29, 1.82) is 0 Å². The minimum absolute atomic E-state index is 0.0414. The van der Waals surface area contributed by atoms with Gasteiger partial charge >= 0.3 is 5.97 Å². The van der Waals surface area contributed by atoms with Gasteiger partial charge in [0, 0.05) is 17.8 Å². The lowest BCUT2D eigenvalue weighted by atomic mass is 10.0. The fourth-order valence-corrected chi connectivity index (χ4v) is 3.19. The topological polar surface area (TPSA) is 105 Å². The Bertz CT molecular complexity index is 927. The number of rotatable bonds is 6. The van der Waals surface area contributed by atoms with E-state index in [1.54, 1.807) is 36.4 Å². The summed E-state index contributed by atoms with van der Waals surface area (Å²) >= 11 is 0. The molecule has 0 aliphatic carbocycles. The van der Waals surface area contributed by atoms with Crippen molar-refractivity contribution >= 4 is 23.5 Å². The first-order chi connectivity index (χ1) is 13.5. The SMILES string of the molecule is COc1ccc(C(=O)NCC(=O)N2CC(C(=O)O)c3ccccc32)cc1OC. The highest BCUT2D eigenvalue weighted by atomic mass is 16.5. The number of fused-ring (bicyclic) bond motifs is 1. The number of carbonyl (C=O) groups excluding carboxylic acids is 2. The van der Waals surface area contributed by atoms with Crippen molar-refractivity contribution in [2.24, 2.45) is 0 Å². The van der Waals surface area contributed by atoms with Crippen LogP contribution in [0.5, 0.6) is 11.5 Å². The Labute approximate surface area is 161 Å². The number of anilines is 1. The Morgan fingerprint density at radius 2 is 1.82 bits per heavy atom. The van der Waals surface area contributed by atoms with E-state index in [1.807, 2.05) is 0 Å². The lowest BCUT2D eigenvalue weighted by molar-refractivity contribution is -0.138. The largest absolute Gasteiger partial charge is 0.493 e. The number of ether oxygens (including phenoxy) is 2. The predicted octanol–water partition coefficient (Wildman–Crippen LogP) is 1.65. The molecule has 0 aromatic heterocycles. The van der Waals surface area contributed by atoms with Crippen molar-refractivity contribution in [1.82, 2.24) is 5.32 Å². The van der Waals surface area contributed by atoms with Crippen molar-refractivity contribution < 1.29 is 29.0 Å². The summed E-state index contributed by atoms with van der Waals surface area (Å²) in [5.74, 6) is -1.71. The maximum Gasteiger partial charge on any atom is 0.312 e. The minimum atomic E-state index is -0.989. The smallest absolute Gasteiger partial charge is 0.312 e. The van der Waals surface area contributed by atoms with Gasteiger partial charge in [-0.1, -0.05) is 18.2 Å². The van der Waals surface area contributed by atoms with E-state index in [9.17, 15) is 19.5 Å². The van der Waals surface area contributed by atoms with Gasteiger partial charge in [0.15, 0.2) is 11.5 Å². The molecule has 2 N–H and O–H groups in total. The van der Waals surface area contributed by atoms with Crippen LogP contribution in [-0.2, 0) is 9.59 Å². The molecular formula is C20H20N2O6. The van der Waals surface area contributed by atoms with Crippen LogP contribution in [0.4, 0.5) is 5.69 Å². The van der Waals surface area contributed by atoms with E-state index < -0.39 is 17.8 Å². The summed E-state index contributed by atoms with van der Waals surface area (Å²) in [6.45, 7) is -0.215. The summed E-state index contributed by atoms with van der Waals surface area (Å²) in [4.78, 5) is 37.8. The number of benzene rings is 2. The number of carboxylic acid groups (broad SMARTS) is 1. The Morgan fingerprint density at radius 3 is 2.50 bits per heavy atom. The number of methoxy groups -OCH3 is 2. The fraction of sp³-hybridized carbons (Fsp3) is 0.250. The van der Waals surface area contributed by atoms with Gasteiger partial charge in [0.1, 0.15) is 5.92 Å². The molecule has 2 aromatic carbocycles. The molecule has 28 heavy (non-hydrogen) atoms. The molecule has 1 unspecified atom stereocenters. The summed E-state index contributed by atoms with van der Waals surface area (Å²) in [5, 5.41) is 12.0. The Kier molecular flexibility index (Phi) is 5.49. The van der Waals surface area contributed by atoms with Crippen molar-refractivity contribution in [2.75, 3.05) is 32.2 Å². The minimum Gasteiger partial charge on any atom is -0.493 e. The van der Waals surface area contributed by atoms with Gasteiger partial charge in [-0.3, -0.25) is 14.4 Å². The Balaban J connectivity index is 1.69. The highest BCUT2D eigenvalue weighted by Crippen LogP contribution is 2.36. The maximum absolute atomic E-state index is 12.6. The number of amides is 2. The molecule has 0 bridgehead atoms. The third-order valence-corrected chi connectivity index (χ3v) is 4.61. The molecule has 1 heterocycles. The zero-order valence-corrected chi connectivity index (χ0v) is 15.5.